The van der Waals surface area contributed by atoms with E-state index < -0.39 is 13.7 Å². The molecule has 0 atom stereocenters. The van der Waals surface area contributed by atoms with E-state index in [9.17, 15) is 19.6 Å². The maximum atomic E-state index is 13.2. The molecule has 1 aromatic heterocycles. The zero-order valence-corrected chi connectivity index (χ0v) is 17.6. The summed E-state index contributed by atoms with van der Waals surface area (Å²) in [7, 11) is 0.311. The summed E-state index contributed by atoms with van der Waals surface area (Å²) < 4.78 is 30.9. The van der Waals surface area contributed by atoms with Crippen molar-refractivity contribution in [1.29, 1.82) is 0 Å². The van der Waals surface area contributed by atoms with Gasteiger partial charge >= 0.3 is 13.7 Å². The van der Waals surface area contributed by atoms with Gasteiger partial charge in [-0.1, -0.05) is 17.4 Å². The number of anilines is 1. The number of hydrogen-bond acceptors (Lipinski definition) is 8. The number of hydrogen-bond donors (Lipinski definition) is 2. The van der Waals surface area contributed by atoms with Crippen LogP contribution in [0, 0.1) is 0 Å². The van der Waals surface area contributed by atoms with Gasteiger partial charge in [0, 0.05) is 14.2 Å². The summed E-state index contributed by atoms with van der Waals surface area (Å²) in [5, 5.41) is 19.3. The second kappa shape index (κ2) is 8.38. The molecule has 2 N–H and O–H groups in total. The summed E-state index contributed by atoms with van der Waals surface area (Å²) >= 11 is 1.26. The molecule has 0 aliphatic rings. The first-order valence-electron chi connectivity index (χ1n) is 8.30. The monoisotopic (exact) mass is 438 g/mol. The van der Waals surface area contributed by atoms with Crippen molar-refractivity contribution in [3.63, 3.8) is 0 Å². The molecule has 0 saturated heterocycles. The minimum absolute atomic E-state index is 0.0174. The van der Waals surface area contributed by atoms with Crippen molar-refractivity contribution in [2.75, 3.05) is 26.0 Å². The lowest BCUT2D eigenvalue weighted by Gasteiger charge is -2.27. The normalized spacial score (nSPS) is 11.6. The zero-order valence-electron chi connectivity index (χ0n) is 15.9. The van der Waals surface area contributed by atoms with Crippen molar-refractivity contribution in [3.8, 4) is 11.5 Å². The van der Waals surface area contributed by atoms with Gasteiger partial charge in [0.15, 0.2) is 5.13 Å². The van der Waals surface area contributed by atoms with E-state index in [1.54, 1.807) is 19.2 Å². The number of phenols is 1. The first-order valence-corrected chi connectivity index (χ1v) is 10.6. The van der Waals surface area contributed by atoms with Crippen LogP contribution in [-0.2, 0) is 20.2 Å². The maximum absolute atomic E-state index is 13.2. The Hall–Kier alpha value is -2.65. The largest absolute Gasteiger partial charge is 0.507 e. The Morgan fingerprint density at radius 1 is 1.17 bits per heavy atom. The number of aromatic nitrogens is 1. The van der Waals surface area contributed by atoms with E-state index in [0.717, 1.165) is 4.70 Å². The molecule has 3 aromatic rings. The predicted molar refractivity (Wildman–Crippen MR) is 109 cm³/mol. The number of thiazole rings is 1. The van der Waals surface area contributed by atoms with Crippen LogP contribution in [0.2, 0.25) is 0 Å². The number of rotatable bonds is 8. The minimum Gasteiger partial charge on any atom is -0.507 e. The lowest BCUT2D eigenvalue weighted by Crippen LogP contribution is -2.21. The fraction of sp³-hybridized carbons (Fsp3) is 0.222. The van der Waals surface area contributed by atoms with Gasteiger partial charge in [-0.15, -0.1) is 0 Å². The van der Waals surface area contributed by atoms with E-state index in [1.807, 2.05) is 6.07 Å². The molecular weight excluding hydrogens is 419 g/mol. The van der Waals surface area contributed by atoms with Crippen LogP contribution in [0.25, 0.3) is 10.2 Å². The SMILES string of the molecule is COc1ccc2nc(N(Cc3ccc(O)c(C(=O)O)c3)P(=O)(OC)OC)sc2c1. The Labute approximate surface area is 170 Å². The lowest BCUT2D eigenvalue weighted by molar-refractivity contribution is 0.0693. The number of methoxy groups -OCH3 is 1. The molecule has 11 heteroatoms. The van der Waals surface area contributed by atoms with Crippen molar-refractivity contribution in [1.82, 2.24) is 4.98 Å². The maximum Gasteiger partial charge on any atom is 0.436 e. The van der Waals surface area contributed by atoms with Crippen molar-refractivity contribution in [2.24, 2.45) is 0 Å². The molecule has 0 aliphatic heterocycles. The third-order valence-electron chi connectivity index (χ3n) is 4.19. The van der Waals surface area contributed by atoms with Crippen LogP contribution in [-0.4, -0.2) is 42.5 Å². The summed E-state index contributed by atoms with van der Waals surface area (Å²) in [5.41, 5.74) is 0.888. The molecule has 0 amide bonds. The van der Waals surface area contributed by atoms with E-state index in [1.165, 1.54) is 48.4 Å². The summed E-state index contributed by atoms with van der Waals surface area (Å²) in [6, 6.07) is 9.45. The topological polar surface area (TPSA) is 118 Å². The third kappa shape index (κ3) is 4.20. The number of aromatic hydroxyl groups is 1. The number of benzene rings is 2. The molecule has 29 heavy (non-hydrogen) atoms. The Morgan fingerprint density at radius 2 is 1.90 bits per heavy atom. The molecule has 1 heterocycles. The van der Waals surface area contributed by atoms with Gasteiger partial charge in [0.2, 0.25) is 0 Å². The van der Waals surface area contributed by atoms with E-state index in [0.29, 0.717) is 22.0 Å². The zero-order chi connectivity index (χ0) is 21.2. The molecule has 2 aromatic carbocycles. The first kappa shape index (κ1) is 21.1. The second-order valence-corrected chi connectivity index (χ2v) is 9.04. The molecule has 0 aliphatic carbocycles. The van der Waals surface area contributed by atoms with Crippen molar-refractivity contribution >= 4 is 40.4 Å². The number of carboxylic acids is 1. The predicted octanol–water partition coefficient (Wildman–Crippen LogP) is 4.12. The van der Waals surface area contributed by atoms with Crippen LogP contribution in [0.15, 0.2) is 36.4 Å². The van der Waals surface area contributed by atoms with Gasteiger partial charge < -0.3 is 14.9 Å². The molecule has 0 unspecified atom stereocenters. The van der Waals surface area contributed by atoms with E-state index in [2.05, 4.69) is 4.98 Å². The summed E-state index contributed by atoms with van der Waals surface area (Å²) in [4.78, 5) is 15.8. The molecule has 9 nitrogen and oxygen atoms in total. The Morgan fingerprint density at radius 3 is 2.52 bits per heavy atom. The molecule has 0 spiro atoms. The molecule has 154 valence electrons. The van der Waals surface area contributed by atoms with Gasteiger partial charge in [-0.2, -0.15) is 0 Å². The molecular formula is C18H19N2O7PS. The van der Waals surface area contributed by atoms with Crippen molar-refractivity contribution in [2.45, 2.75) is 6.54 Å². The van der Waals surface area contributed by atoms with Crippen LogP contribution in [0.1, 0.15) is 15.9 Å². The number of fused-ring (bicyclic) bond motifs is 1. The Bertz CT molecular complexity index is 1090. The quantitative estimate of drug-likeness (QED) is 0.501. The fourth-order valence-corrected chi connectivity index (χ4v) is 5.15. The first-order chi connectivity index (χ1) is 13.8. The Kier molecular flexibility index (Phi) is 6.09. The molecule has 0 saturated carbocycles. The highest BCUT2D eigenvalue weighted by molar-refractivity contribution is 7.56. The van der Waals surface area contributed by atoms with Crippen LogP contribution >= 0.6 is 19.1 Å². The number of carboxylic acid groups (broad SMARTS) is 1. The highest BCUT2D eigenvalue weighted by atomic mass is 32.1. The fourth-order valence-electron chi connectivity index (χ4n) is 2.69. The van der Waals surface area contributed by atoms with Crippen molar-refractivity contribution in [3.05, 3.63) is 47.5 Å². The molecule has 3 rings (SSSR count). The third-order valence-corrected chi connectivity index (χ3v) is 7.21. The van der Waals surface area contributed by atoms with E-state index in [-0.39, 0.29) is 17.9 Å². The number of aromatic carboxylic acids is 1. The van der Waals surface area contributed by atoms with Crippen LogP contribution in [0.3, 0.4) is 0 Å². The Balaban J connectivity index is 2.08. The van der Waals surface area contributed by atoms with Gasteiger partial charge in [-0.3, -0.25) is 13.7 Å². The average Bonchev–Trinajstić information content (AvgIpc) is 3.14. The van der Waals surface area contributed by atoms with Crippen LogP contribution in [0.4, 0.5) is 5.13 Å². The lowest BCUT2D eigenvalue weighted by atomic mass is 10.1. The average molecular weight is 438 g/mol. The summed E-state index contributed by atoms with van der Waals surface area (Å²) in [6.07, 6.45) is 0. The minimum atomic E-state index is -3.76. The summed E-state index contributed by atoms with van der Waals surface area (Å²) in [6.45, 7) is -0.0174. The van der Waals surface area contributed by atoms with Crippen LogP contribution in [0.5, 0.6) is 11.5 Å². The van der Waals surface area contributed by atoms with Gasteiger partial charge in [0.05, 0.1) is 23.9 Å². The van der Waals surface area contributed by atoms with Gasteiger partial charge in [0.25, 0.3) is 0 Å². The molecule has 0 fully saturated rings. The number of ether oxygens (including phenoxy) is 1. The highest BCUT2D eigenvalue weighted by Crippen LogP contribution is 2.55. The molecule has 0 bridgehead atoms. The highest BCUT2D eigenvalue weighted by Gasteiger charge is 2.34. The van der Waals surface area contributed by atoms with E-state index >= 15 is 0 Å². The molecule has 0 radical (unpaired) electrons. The number of carbonyl (C=O) groups is 1. The van der Waals surface area contributed by atoms with Crippen LogP contribution < -0.4 is 9.41 Å². The van der Waals surface area contributed by atoms with Crippen molar-refractivity contribution < 1.29 is 33.4 Å². The van der Waals surface area contributed by atoms with Gasteiger partial charge in [-0.05, 0) is 35.9 Å². The van der Waals surface area contributed by atoms with Gasteiger partial charge in [-0.25, -0.2) is 14.3 Å². The van der Waals surface area contributed by atoms with E-state index in [4.69, 9.17) is 13.8 Å². The smallest absolute Gasteiger partial charge is 0.436 e. The number of nitrogens with zero attached hydrogens (tertiary/aromatic N) is 2. The second-order valence-electron chi connectivity index (χ2n) is 5.88. The van der Waals surface area contributed by atoms with Gasteiger partial charge in [0.1, 0.15) is 17.1 Å². The standard InChI is InChI=1S/C18H19N2O7PS/c1-25-12-5-6-14-16(9-12)29-18(19-14)20(28(24,26-2)27-3)10-11-4-7-15(21)13(8-11)17(22)23/h4-9,21H,10H2,1-3H3,(H,22,23). The summed E-state index contributed by atoms with van der Waals surface area (Å²) in [5.74, 6) is -0.975.